The summed E-state index contributed by atoms with van der Waals surface area (Å²) in [6.45, 7) is 1.35. The van der Waals surface area contributed by atoms with Gasteiger partial charge in [0.1, 0.15) is 5.54 Å². The summed E-state index contributed by atoms with van der Waals surface area (Å²) in [5.74, 6) is -1.16. The Hall–Kier alpha value is -1.75. The fourth-order valence-corrected chi connectivity index (χ4v) is 0.930. The second kappa shape index (κ2) is 3.55. The molecule has 1 atom stereocenters. The highest BCUT2D eigenvalue weighted by Crippen LogP contribution is 2.17. The number of carbonyl (C=O) groups is 2. The molecule has 3 N–H and O–H groups in total. The van der Waals surface area contributed by atoms with Crippen molar-refractivity contribution in [3.05, 3.63) is 29.6 Å². The van der Waals surface area contributed by atoms with Gasteiger partial charge in [-0.1, -0.05) is 0 Å². The number of carboxylic acid groups (broad SMARTS) is 1. The number of nitrogens with two attached hydrogens (primary N) is 1. The molecule has 5 heteroatoms. The number of hydrogen-bond acceptors (Lipinski definition) is 4. The Morgan fingerprint density at radius 2 is 2.29 bits per heavy atom. The second-order valence-electron chi connectivity index (χ2n) is 3.13. The van der Waals surface area contributed by atoms with E-state index in [1.165, 1.54) is 25.4 Å². The van der Waals surface area contributed by atoms with E-state index in [1.54, 1.807) is 0 Å². The van der Waals surface area contributed by atoms with Gasteiger partial charge in [-0.25, -0.2) is 4.79 Å². The van der Waals surface area contributed by atoms with Crippen LogP contribution in [0.4, 0.5) is 0 Å². The van der Waals surface area contributed by atoms with Crippen LogP contribution in [0.5, 0.6) is 0 Å². The van der Waals surface area contributed by atoms with E-state index in [1.807, 2.05) is 0 Å². The molecular weight excluding hydrogens is 184 g/mol. The molecule has 14 heavy (non-hydrogen) atoms. The van der Waals surface area contributed by atoms with E-state index in [4.69, 9.17) is 10.8 Å². The molecule has 1 aromatic rings. The first kappa shape index (κ1) is 10.3. The molecule has 0 aliphatic heterocycles. The lowest BCUT2D eigenvalue weighted by atomic mass is 9.94. The molecule has 0 aliphatic carbocycles. The predicted octanol–water partition coefficient (Wildman–Crippen LogP) is 0.153. The molecule has 0 unspecified atom stereocenters. The van der Waals surface area contributed by atoms with Crippen LogP contribution in [0, 0.1) is 0 Å². The molecule has 0 saturated heterocycles. The minimum atomic E-state index is -1.52. The Morgan fingerprint density at radius 1 is 1.64 bits per heavy atom. The average molecular weight is 194 g/mol. The van der Waals surface area contributed by atoms with E-state index in [-0.39, 0.29) is 0 Å². The van der Waals surface area contributed by atoms with Crippen molar-refractivity contribution in [1.82, 2.24) is 4.98 Å². The summed E-state index contributed by atoms with van der Waals surface area (Å²) in [4.78, 5) is 24.9. The van der Waals surface area contributed by atoms with Gasteiger partial charge in [-0.2, -0.15) is 0 Å². The summed E-state index contributed by atoms with van der Waals surface area (Å²) in [5, 5.41) is 8.82. The number of aliphatic carboxylic acids is 1. The van der Waals surface area contributed by atoms with Crippen molar-refractivity contribution in [2.45, 2.75) is 12.5 Å². The third-order valence-corrected chi connectivity index (χ3v) is 1.94. The molecule has 0 aliphatic rings. The van der Waals surface area contributed by atoms with Crippen molar-refractivity contribution in [2.75, 3.05) is 0 Å². The van der Waals surface area contributed by atoms with Crippen molar-refractivity contribution >= 4 is 12.3 Å². The Labute approximate surface area is 80.6 Å². The van der Waals surface area contributed by atoms with Crippen LogP contribution in [0.3, 0.4) is 0 Å². The molecule has 74 valence electrons. The van der Waals surface area contributed by atoms with E-state index < -0.39 is 11.5 Å². The van der Waals surface area contributed by atoms with Crippen LogP contribution in [-0.2, 0) is 10.3 Å². The Kier molecular flexibility index (Phi) is 2.62. The van der Waals surface area contributed by atoms with Crippen LogP contribution < -0.4 is 5.73 Å². The lowest BCUT2D eigenvalue weighted by molar-refractivity contribution is -0.143. The minimum absolute atomic E-state index is 0.301. The van der Waals surface area contributed by atoms with Gasteiger partial charge in [0.15, 0.2) is 6.29 Å². The number of carbonyl (C=O) groups excluding carboxylic acids is 1. The first-order valence-corrected chi connectivity index (χ1v) is 3.91. The van der Waals surface area contributed by atoms with Crippen LogP contribution in [0.2, 0.25) is 0 Å². The SMILES string of the molecule is C[C@](N)(C(=O)O)c1cncc(C=O)c1. The number of hydrogen-bond donors (Lipinski definition) is 2. The summed E-state index contributed by atoms with van der Waals surface area (Å²) in [7, 11) is 0. The fraction of sp³-hybridized carbons (Fsp3) is 0.222. The van der Waals surface area contributed by atoms with E-state index in [9.17, 15) is 9.59 Å². The number of pyridine rings is 1. The smallest absolute Gasteiger partial charge is 0.328 e. The highest BCUT2D eigenvalue weighted by atomic mass is 16.4. The number of aldehydes is 1. The molecule has 1 heterocycles. The van der Waals surface area contributed by atoms with Gasteiger partial charge in [-0.05, 0) is 13.0 Å². The molecule has 0 bridgehead atoms. The van der Waals surface area contributed by atoms with Gasteiger partial charge in [0, 0.05) is 23.5 Å². The quantitative estimate of drug-likeness (QED) is 0.668. The summed E-state index contributed by atoms with van der Waals surface area (Å²) in [6.07, 6.45) is 3.27. The zero-order chi connectivity index (χ0) is 10.8. The van der Waals surface area contributed by atoms with E-state index in [2.05, 4.69) is 4.98 Å². The predicted molar refractivity (Wildman–Crippen MR) is 48.8 cm³/mol. The average Bonchev–Trinajstić information content (AvgIpc) is 2.17. The lowest BCUT2D eigenvalue weighted by Crippen LogP contribution is -2.41. The van der Waals surface area contributed by atoms with Crippen LogP contribution in [0.25, 0.3) is 0 Å². The summed E-state index contributed by atoms with van der Waals surface area (Å²) < 4.78 is 0. The molecular formula is C9H10N2O3. The summed E-state index contributed by atoms with van der Waals surface area (Å²) >= 11 is 0. The van der Waals surface area contributed by atoms with Gasteiger partial charge in [0.05, 0.1) is 0 Å². The highest BCUT2D eigenvalue weighted by Gasteiger charge is 2.30. The maximum Gasteiger partial charge on any atom is 0.328 e. The van der Waals surface area contributed by atoms with Gasteiger partial charge >= 0.3 is 5.97 Å². The van der Waals surface area contributed by atoms with Crippen molar-refractivity contribution in [1.29, 1.82) is 0 Å². The van der Waals surface area contributed by atoms with Crippen molar-refractivity contribution in [3.63, 3.8) is 0 Å². The third kappa shape index (κ3) is 1.77. The largest absolute Gasteiger partial charge is 0.480 e. The zero-order valence-corrected chi connectivity index (χ0v) is 7.60. The van der Waals surface area contributed by atoms with Crippen molar-refractivity contribution < 1.29 is 14.7 Å². The van der Waals surface area contributed by atoms with Crippen LogP contribution >= 0.6 is 0 Å². The Morgan fingerprint density at radius 3 is 2.79 bits per heavy atom. The maximum atomic E-state index is 10.8. The molecule has 0 saturated carbocycles. The normalized spacial score (nSPS) is 14.4. The molecule has 0 radical (unpaired) electrons. The van der Waals surface area contributed by atoms with E-state index in [0.29, 0.717) is 17.4 Å². The van der Waals surface area contributed by atoms with Crippen LogP contribution in [0.15, 0.2) is 18.5 Å². The molecule has 1 rings (SSSR count). The Bertz CT molecular complexity index is 374. The number of aromatic nitrogens is 1. The fourth-order valence-electron chi connectivity index (χ4n) is 0.930. The molecule has 0 spiro atoms. The topological polar surface area (TPSA) is 93.3 Å². The number of rotatable bonds is 3. The molecule has 0 fully saturated rings. The van der Waals surface area contributed by atoms with Gasteiger partial charge < -0.3 is 10.8 Å². The van der Waals surface area contributed by atoms with Crippen LogP contribution in [0.1, 0.15) is 22.8 Å². The first-order chi connectivity index (χ1) is 6.48. The van der Waals surface area contributed by atoms with E-state index >= 15 is 0 Å². The Balaban J connectivity index is 3.18. The van der Waals surface area contributed by atoms with Gasteiger partial charge in [0.25, 0.3) is 0 Å². The summed E-state index contributed by atoms with van der Waals surface area (Å²) in [6, 6.07) is 1.41. The second-order valence-corrected chi connectivity index (χ2v) is 3.13. The van der Waals surface area contributed by atoms with Crippen molar-refractivity contribution in [3.8, 4) is 0 Å². The molecule has 1 aromatic heterocycles. The lowest BCUT2D eigenvalue weighted by Gasteiger charge is -2.19. The zero-order valence-electron chi connectivity index (χ0n) is 7.60. The number of nitrogens with zero attached hydrogens (tertiary/aromatic N) is 1. The third-order valence-electron chi connectivity index (χ3n) is 1.94. The molecule has 0 aromatic carbocycles. The first-order valence-electron chi connectivity index (χ1n) is 3.91. The monoisotopic (exact) mass is 194 g/mol. The number of carboxylic acids is 1. The molecule has 0 amide bonds. The van der Waals surface area contributed by atoms with Crippen molar-refractivity contribution in [2.24, 2.45) is 5.73 Å². The molecule has 5 nitrogen and oxygen atoms in total. The standard InChI is InChI=1S/C9H10N2O3/c1-9(10,8(13)14)7-2-6(5-12)3-11-4-7/h2-5H,10H2,1H3,(H,13,14)/t9-/m1/s1. The van der Waals surface area contributed by atoms with Crippen LogP contribution in [-0.4, -0.2) is 22.3 Å². The van der Waals surface area contributed by atoms with Gasteiger partial charge in [0.2, 0.25) is 0 Å². The van der Waals surface area contributed by atoms with E-state index in [0.717, 1.165) is 0 Å². The van der Waals surface area contributed by atoms with Gasteiger partial charge in [-0.15, -0.1) is 0 Å². The highest BCUT2D eigenvalue weighted by molar-refractivity contribution is 5.81. The van der Waals surface area contributed by atoms with Gasteiger partial charge in [-0.3, -0.25) is 9.78 Å². The minimum Gasteiger partial charge on any atom is -0.480 e. The summed E-state index contributed by atoms with van der Waals surface area (Å²) in [5.41, 5.74) is 4.63. The maximum absolute atomic E-state index is 10.8.